The second-order valence-electron chi connectivity index (χ2n) is 5.95. The van der Waals surface area contributed by atoms with Gasteiger partial charge in [0.05, 0.1) is 5.69 Å². The number of tetrazole rings is 1. The predicted octanol–water partition coefficient (Wildman–Crippen LogP) is 3.35. The molecule has 0 bridgehead atoms. The minimum atomic E-state index is -0.152. The Balaban J connectivity index is 1.90. The first-order chi connectivity index (χ1) is 11.6. The minimum Gasteiger partial charge on any atom is -0.321 e. The Morgan fingerprint density at radius 1 is 1.17 bits per heavy atom. The van der Waals surface area contributed by atoms with E-state index in [2.05, 4.69) is 34.7 Å². The SMILES string of the molecule is Cc1cccc(C(C)C)c1NC(=O)c1cccc(-n2cnnn2)c1. The Hall–Kier alpha value is -3.02. The Labute approximate surface area is 140 Å². The number of para-hydroxylation sites is 1. The topological polar surface area (TPSA) is 72.7 Å². The van der Waals surface area contributed by atoms with Crippen molar-refractivity contribution in [1.29, 1.82) is 0 Å². The summed E-state index contributed by atoms with van der Waals surface area (Å²) < 4.78 is 1.52. The van der Waals surface area contributed by atoms with Crippen LogP contribution in [0.25, 0.3) is 5.69 Å². The Morgan fingerprint density at radius 2 is 1.96 bits per heavy atom. The standard InChI is InChI=1S/C18H19N5O/c1-12(2)16-9-4-6-13(3)17(16)20-18(24)14-7-5-8-15(10-14)23-11-19-21-22-23/h4-12H,1-3H3,(H,20,24). The van der Waals surface area contributed by atoms with Gasteiger partial charge in [-0.15, -0.1) is 5.10 Å². The van der Waals surface area contributed by atoms with Crippen LogP contribution in [0.4, 0.5) is 5.69 Å². The van der Waals surface area contributed by atoms with Crippen molar-refractivity contribution in [2.45, 2.75) is 26.7 Å². The Kier molecular flexibility index (Phi) is 4.37. The first kappa shape index (κ1) is 15.9. The molecule has 6 heteroatoms. The van der Waals surface area contributed by atoms with Crippen molar-refractivity contribution < 1.29 is 4.79 Å². The number of carbonyl (C=O) groups is 1. The third-order valence-corrected chi connectivity index (χ3v) is 3.89. The fourth-order valence-electron chi connectivity index (χ4n) is 2.60. The molecule has 0 spiro atoms. The molecule has 0 saturated carbocycles. The number of amides is 1. The van der Waals surface area contributed by atoms with E-state index in [4.69, 9.17) is 0 Å². The van der Waals surface area contributed by atoms with Gasteiger partial charge in [-0.2, -0.15) is 0 Å². The summed E-state index contributed by atoms with van der Waals surface area (Å²) in [6, 6.07) is 13.3. The maximum Gasteiger partial charge on any atom is 0.255 e. The van der Waals surface area contributed by atoms with Crippen LogP contribution in [0.2, 0.25) is 0 Å². The first-order valence-corrected chi connectivity index (χ1v) is 7.80. The van der Waals surface area contributed by atoms with Gasteiger partial charge in [-0.25, -0.2) is 4.68 Å². The van der Waals surface area contributed by atoms with E-state index in [1.54, 1.807) is 12.1 Å². The van der Waals surface area contributed by atoms with E-state index >= 15 is 0 Å². The van der Waals surface area contributed by atoms with E-state index in [0.717, 1.165) is 22.5 Å². The molecule has 0 unspecified atom stereocenters. The molecule has 0 fully saturated rings. The van der Waals surface area contributed by atoms with Crippen LogP contribution in [-0.4, -0.2) is 26.1 Å². The molecule has 122 valence electrons. The number of hydrogen-bond donors (Lipinski definition) is 1. The molecule has 2 aromatic carbocycles. The van der Waals surface area contributed by atoms with E-state index in [9.17, 15) is 4.79 Å². The molecule has 0 atom stereocenters. The quantitative estimate of drug-likeness (QED) is 0.800. The summed E-state index contributed by atoms with van der Waals surface area (Å²) in [6.07, 6.45) is 1.50. The van der Waals surface area contributed by atoms with Crippen LogP contribution in [0.1, 0.15) is 41.3 Å². The van der Waals surface area contributed by atoms with E-state index < -0.39 is 0 Å². The van der Waals surface area contributed by atoms with Gasteiger partial charge in [-0.3, -0.25) is 4.79 Å². The molecule has 1 N–H and O–H groups in total. The van der Waals surface area contributed by atoms with Gasteiger partial charge in [-0.1, -0.05) is 38.1 Å². The van der Waals surface area contributed by atoms with Crippen LogP contribution in [0.5, 0.6) is 0 Å². The molecule has 1 aromatic heterocycles. The lowest BCUT2D eigenvalue weighted by Gasteiger charge is -2.16. The summed E-state index contributed by atoms with van der Waals surface area (Å²) in [7, 11) is 0. The molecule has 0 aliphatic rings. The first-order valence-electron chi connectivity index (χ1n) is 7.80. The zero-order chi connectivity index (χ0) is 17.1. The van der Waals surface area contributed by atoms with Crippen LogP contribution >= 0.6 is 0 Å². The van der Waals surface area contributed by atoms with Crippen LogP contribution in [0.3, 0.4) is 0 Å². The highest BCUT2D eigenvalue weighted by molar-refractivity contribution is 6.05. The van der Waals surface area contributed by atoms with Crippen molar-refractivity contribution in [1.82, 2.24) is 20.2 Å². The summed E-state index contributed by atoms with van der Waals surface area (Å²) >= 11 is 0. The van der Waals surface area contributed by atoms with Crippen LogP contribution in [0.15, 0.2) is 48.8 Å². The highest BCUT2D eigenvalue weighted by atomic mass is 16.1. The lowest BCUT2D eigenvalue weighted by atomic mass is 9.98. The molecular formula is C18H19N5O. The van der Waals surface area contributed by atoms with Gasteiger partial charge >= 0.3 is 0 Å². The Morgan fingerprint density at radius 3 is 2.67 bits per heavy atom. The fraction of sp³-hybridized carbons (Fsp3) is 0.222. The number of nitrogens with zero attached hydrogens (tertiary/aromatic N) is 4. The number of aromatic nitrogens is 4. The van der Waals surface area contributed by atoms with Gasteiger partial charge in [0.15, 0.2) is 0 Å². The van der Waals surface area contributed by atoms with Crippen molar-refractivity contribution in [2.75, 3.05) is 5.32 Å². The van der Waals surface area contributed by atoms with Crippen molar-refractivity contribution >= 4 is 11.6 Å². The number of hydrogen-bond acceptors (Lipinski definition) is 4. The van der Waals surface area contributed by atoms with Gasteiger partial charge < -0.3 is 5.32 Å². The molecular weight excluding hydrogens is 302 g/mol. The van der Waals surface area contributed by atoms with Crippen molar-refractivity contribution in [3.05, 3.63) is 65.5 Å². The molecule has 0 aliphatic carbocycles. The second-order valence-corrected chi connectivity index (χ2v) is 5.95. The number of aryl methyl sites for hydroxylation is 1. The number of anilines is 1. The monoisotopic (exact) mass is 321 g/mol. The number of nitrogens with one attached hydrogen (secondary N) is 1. The van der Waals surface area contributed by atoms with E-state index in [0.29, 0.717) is 11.5 Å². The second kappa shape index (κ2) is 6.62. The molecule has 1 heterocycles. The van der Waals surface area contributed by atoms with Crippen LogP contribution in [-0.2, 0) is 0 Å². The molecule has 24 heavy (non-hydrogen) atoms. The lowest BCUT2D eigenvalue weighted by Crippen LogP contribution is -2.15. The van der Waals surface area contributed by atoms with Gasteiger partial charge in [0.1, 0.15) is 6.33 Å². The largest absolute Gasteiger partial charge is 0.321 e. The van der Waals surface area contributed by atoms with E-state index in [1.807, 2.05) is 37.3 Å². The Bertz CT molecular complexity index is 856. The number of rotatable bonds is 4. The number of benzene rings is 2. The highest BCUT2D eigenvalue weighted by Gasteiger charge is 2.14. The van der Waals surface area contributed by atoms with E-state index in [1.165, 1.54) is 11.0 Å². The molecule has 6 nitrogen and oxygen atoms in total. The molecule has 1 amide bonds. The fourth-order valence-corrected chi connectivity index (χ4v) is 2.60. The maximum absolute atomic E-state index is 12.7. The molecule has 0 radical (unpaired) electrons. The average Bonchev–Trinajstić information content (AvgIpc) is 3.11. The summed E-state index contributed by atoms with van der Waals surface area (Å²) in [5, 5.41) is 14.1. The van der Waals surface area contributed by atoms with Gasteiger partial charge in [0.25, 0.3) is 5.91 Å². The van der Waals surface area contributed by atoms with Crippen LogP contribution < -0.4 is 5.32 Å². The summed E-state index contributed by atoms with van der Waals surface area (Å²) in [4.78, 5) is 12.7. The zero-order valence-electron chi connectivity index (χ0n) is 13.9. The number of carbonyl (C=O) groups excluding carboxylic acids is 1. The van der Waals surface area contributed by atoms with E-state index in [-0.39, 0.29) is 5.91 Å². The average molecular weight is 321 g/mol. The molecule has 0 saturated heterocycles. The molecule has 0 aliphatic heterocycles. The van der Waals surface area contributed by atoms with Crippen molar-refractivity contribution in [3.8, 4) is 5.69 Å². The minimum absolute atomic E-state index is 0.152. The van der Waals surface area contributed by atoms with Crippen molar-refractivity contribution in [2.24, 2.45) is 0 Å². The van der Waals surface area contributed by atoms with Gasteiger partial charge in [0, 0.05) is 11.3 Å². The van der Waals surface area contributed by atoms with Crippen LogP contribution in [0, 0.1) is 6.92 Å². The third-order valence-electron chi connectivity index (χ3n) is 3.89. The molecule has 3 aromatic rings. The van der Waals surface area contributed by atoms with Crippen molar-refractivity contribution in [3.63, 3.8) is 0 Å². The lowest BCUT2D eigenvalue weighted by molar-refractivity contribution is 0.102. The highest BCUT2D eigenvalue weighted by Crippen LogP contribution is 2.28. The van der Waals surface area contributed by atoms with Gasteiger partial charge in [0.2, 0.25) is 0 Å². The predicted molar refractivity (Wildman–Crippen MR) is 92.4 cm³/mol. The maximum atomic E-state index is 12.7. The summed E-state index contributed by atoms with van der Waals surface area (Å²) in [6.45, 7) is 6.23. The summed E-state index contributed by atoms with van der Waals surface area (Å²) in [5.41, 5.74) is 4.35. The van der Waals surface area contributed by atoms with Gasteiger partial charge in [-0.05, 0) is 52.6 Å². The summed E-state index contributed by atoms with van der Waals surface area (Å²) in [5.74, 6) is 0.175. The zero-order valence-corrected chi connectivity index (χ0v) is 13.9. The molecule has 3 rings (SSSR count). The smallest absolute Gasteiger partial charge is 0.255 e. The normalized spacial score (nSPS) is 10.8. The third kappa shape index (κ3) is 3.17.